The van der Waals surface area contributed by atoms with Crippen molar-refractivity contribution in [3.05, 3.63) is 34.6 Å². The van der Waals surface area contributed by atoms with Crippen LogP contribution < -0.4 is 45.5 Å². The van der Waals surface area contributed by atoms with Crippen molar-refractivity contribution in [2.45, 2.75) is 57.2 Å². The second-order valence-electron chi connectivity index (χ2n) is 8.77. The zero-order chi connectivity index (χ0) is 30.7. The van der Waals surface area contributed by atoms with Crippen LogP contribution >= 0.6 is 0 Å². The van der Waals surface area contributed by atoms with E-state index in [1.165, 1.54) is 0 Å². The SMILES string of the molecule is [2H]C([2H])(OC(=O)N[C@@H](CC(C)C)C(=O)N[C@@H](CC1CCNC1=O)C(O)S(=O)(=O)[O-])c1c(F)c(F)c(F)c(F)c1F.[Na+]. The molecule has 1 saturated heterocycles. The van der Waals surface area contributed by atoms with E-state index in [-0.39, 0.29) is 48.9 Å². The molecule has 0 saturated carbocycles. The number of hydrogen-bond acceptors (Lipinski definition) is 8. The number of aliphatic hydroxyl groups is 1. The molecule has 1 fully saturated rings. The molecule has 3 amide bonds. The first-order chi connectivity index (χ1) is 18.3. The summed E-state index contributed by atoms with van der Waals surface area (Å²) in [4.78, 5) is 37.2. The molecule has 0 radical (unpaired) electrons. The van der Waals surface area contributed by atoms with Crippen molar-refractivity contribution < 1.29 is 91.4 Å². The van der Waals surface area contributed by atoms with Gasteiger partial charge in [0.2, 0.25) is 17.6 Å². The Morgan fingerprint density at radius 1 is 1.13 bits per heavy atom. The van der Waals surface area contributed by atoms with Crippen molar-refractivity contribution in [1.82, 2.24) is 16.0 Å². The minimum Gasteiger partial charge on any atom is -0.746 e. The molecule has 214 valence electrons. The van der Waals surface area contributed by atoms with Gasteiger partial charge < -0.3 is 30.3 Å². The minimum absolute atomic E-state index is 0. The van der Waals surface area contributed by atoms with Gasteiger partial charge >= 0.3 is 35.7 Å². The van der Waals surface area contributed by atoms with Gasteiger partial charge in [-0.2, -0.15) is 0 Å². The fraction of sp³-hybridized carbons (Fsp3) is 0.571. The number of carbonyl (C=O) groups is 3. The fourth-order valence-corrected chi connectivity index (χ4v) is 4.16. The predicted molar refractivity (Wildman–Crippen MR) is 116 cm³/mol. The number of nitrogens with one attached hydrogen (secondary N) is 3. The number of hydrogen-bond donors (Lipinski definition) is 4. The summed E-state index contributed by atoms with van der Waals surface area (Å²) in [6, 6.07) is -3.56. The minimum atomic E-state index is -5.41. The van der Waals surface area contributed by atoms with E-state index in [9.17, 15) is 54.4 Å². The van der Waals surface area contributed by atoms with Gasteiger partial charge in [0.15, 0.2) is 28.7 Å². The van der Waals surface area contributed by atoms with Crippen molar-refractivity contribution in [3.63, 3.8) is 0 Å². The van der Waals surface area contributed by atoms with Crippen LogP contribution in [0.15, 0.2) is 0 Å². The van der Waals surface area contributed by atoms with Crippen LogP contribution in [0.2, 0.25) is 0 Å². The maximum absolute atomic E-state index is 14.1. The van der Waals surface area contributed by atoms with Gasteiger partial charge in [0.1, 0.15) is 22.7 Å². The van der Waals surface area contributed by atoms with E-state index in [0.29, 0.717) is 0 Å². The summed E-state index contributed by atoms with van der Waals surface area (Å²) in [5.41, 5.74) is -4.83. The van der Waals surface area contributed by atoms with E-state index in [4.69, 9.17) is 2.74 Å². The van der Waals surface area contributed by atoms with Gasteiger partial charge in [-0.3, -0.25) is 9.59 Å². The average molecular weight is 600 g/mol. The number of benzene rings is 1. The molecule has 1 aliphatic heterocycles. The van der Waals surface area contributed by atoms with Crippen LogP contribution in [0, 0.1) is 40.9 Å². The first kappa shape index (κ1) is 31.5. The van der Waals surface area contributed by atoms with E-state index in [2.05, 4.69) is 10.1 Å². The summed E-state index contributed by atoms with van der Waals surface area (Å²) in [5, 5.41) is 16.3. The molecule has 2 rings (SSSR count). The van der Waals surface area contributed by atoms with Gasteiger partial charge in [0, 0.05) is 12.5 Å². The molecule has 2 unspecified atom stereocenters. The van der Waals surface area contributed by atoms with Crippen molar-refractivity contribution in [2.24, 2.45) is 11.8 Å². The van der Waals surface area contributed by atoms with Crippen molar-refractivity contribution in [2.75, 3.05) is 6.54 Å². The standard InChI is InChI=1S/C21H26F5N3O8S.Na/c1-8(2)5-11(29-21(33)37-7-10-13(22)15(24)17(26)16(25)14(10)23)19(31)28-12(20(32)38(34,35)36)6-9-3-4-27-18(9)30;/h8-9,11-12,20,32H,3-7H2,1-2H3,(H,27,30)(H,28,31)(H,29,33)(H,34,35,36);/q;+1/p-1/t9?,11-,12-,20?;/m0./s1/i7D2;. The summed E-state index contributed by atoms with van der Waals surface area (Å²) in [7, 11) is -5.41. The van der Waals surface area contributed by atoms with Crippen molar-refractivity contribution in [3.8, 4) is 0 Å². The first-order valence-electron chi connectivity index (χ1n) is 12.0. The van der Waals surface area contributed by atoms with Gasteiger partial charge in [-0.25, -0.2) is 35.2 Å². The Morgan fingerprint density at radius 3 is 2.13 bits per heavy atom. The van der Waals surface area contributed by atoms with Crippen molar-refractivity contribution >= 4 is 28.0 Å². The first-order valence-corrected chi connectivity index (χ1v) is 12.5. The van der Waals surface area contributed by atoms with E-state index in [0.717, 1.165) is 0 Å². The molecule has 0 aromatic heterocycles. The van der Waals surface area contributed by atoms with Crippen LogP contribution in [0.5, 0.6) is 0 Å². The van der Waals surface area contributed by atoms with Gasteiger partial charge in [-0.05, 0) is 25.2 Å². The molecule has 18 heteroatoms. The molecule has 1 heterocycles. The maximum atomic E-state index is 14.1. The number of alkyl carbamates (subject to hydrolysis) is 1. The number of aliphatic hydroxyl groups excluding tert-OH is 1. The van der Waals surface area contributed by atoms with Crippen LogP contribution in [0.25, 0.3) is 0 Å². The molecule has 1 aromatic rings. The number of halogens is 5. The van der Waals surface area contributed by atoms with E-state index < -0.39 is 105 Å². The molecule has 11 nitrogen and oxygen atoms in total. The van der Waals surface area contributed by atoms with Gasteiger partial charge in [-0.15, -0.1) is 0 Å². The second-order valence-corrected chi connectivity index (χ2v) is 10.2. The van der Waals surface area contributed by atoms with E-state index in [1.54, 1.807) is 13.8 Å². The molecule has 39 heavy (non-hydrogen) atoms. The monoisotopic (exact) mass is 599 g/mol. The Bertz CT molecular complexity index is 1250. The molecule has 1 aliphatic rings. The number of amides is 3. The topological polar surface area (TPSA) is 174 Å². The van der Waals surface area contributed by atoms with Crippen LogP contribution in [-0.2, 0) is 31.0 Å². The van der Waals surface area contributed by atoms with Crippen LogP contribution in [-0.4, -0.2) is 60.0 Å². The summed E-state index contributed by atoms with van der Waals surface area (Å²) in [6.45, 7) is -0.659. The van der Waals surface area contributed by atoms with Crippen LogP contribution in [0.4, 0.5) is 26.7 Å². The van der Waals surface area contributed by atoms with Gasteiger partial charge in [-0.1, -0.05) is 13.8 Å². The predicted octanol–water partition coefficient (Wildman–Crippen LogP) is -2.10. The quantitative estimate of drug-likeness (QED) is 0.0736. The van der Waals surface area contributed by atoms with Crippen molar-refractivity contribution in [1.29, 1.82) is 0 Å². The zero-order valence-corrected chi connectivity index (χ0v) is 23.6. The van der Waals surface area contributed by atoms with E-state index in [1.807, 2.05) is 10.6 Å². The smallest absolute Gasteiger partial charge is 0.746 e. The van der Waals surface area contributed by atoms with Crippen LogP contribution in [0.3, 0.4) is 0 Å². The molecule has 0 bridgehead atoms. The number of rotatable bonds is 11. The van der Waals surface area contributed by atoms with Gasteiger partial charge in [0.25, 0.3) is 0 Å². The van der Waals surface area contributed by atoms with E-state index >= 15 is 0 Å². The Balaban J connectivity index is 0.00000840. The molecule has 1 aromatic carbocycles. The Kier molecular flexibility index (Phi) is 11.7. The molecule has 0 spiro atoms. The Morgan fingerprint density at radius 2 is 1.67 bits per heavy atom. The molecule has 4 atom stereocenters. The summed E-state index contributed by atoms with van der Waals surface area (Å²) >= 11 is 0. The maximum Gasteiger partial charge on any atom is 1.00 e. The third-order valence-electron chi connectivity index (χ3n) is 5.44. The average Bonchev–Trinajstić information content (AvgIpc) is 3.22. The van der Waals surface area contributed by atoms with Crippen LogP contribution in [0.1, 0.15) is 41.4 Å². The third kappa shape index (κ3) is 9.24. The zero-order valence-electron chi connectivity index (χ0n) is 22.8. The Hall–Kier alpha value is -2.05. The summed E-state index contributed by atoms with van der Waals surface area (Å²) < 4.78 is 122. The fourth-order valence-electron chi connectivity index (χ4n) is 3.57. The molecular formula is C21H25F5N3NaO8S. The largest absolute Gasteiger partial charge is 1.00 e. The van der Waals surface area contributed by atoms with Gasteiger partial charge in [0.05, 0.1) is 14.3 Å². The summed E-state index contributed by atoms with van der Waals surface area (Å²) in [6.07, 6.45) is -2.49. The normalized spacial score (nSPS) is 18.7. The third-order valence-corrected chi connectivity index (χ3v) is 6.36. The number of ether oxygens (including phenoxy) is 1. The summed E-state index contributed by atoms with van der Waals surface area (Å²) in [5.74, 6) is -15.9. The number of carbonyl (C=O) groups excluding carboxylic acids is 3. The molecule has 4 N–H and O–H groups in total. The Labute approximate surface area is 245 Å². The molecular weight excluding hydrogens is 572 g/mol. The molecule has 0 aliphatic carbocycles. The second kappa shape index (κ2) is 14.5.